The average Bonchev–Trinajstić information content (AvgIpc) is 3.34. The van der Waals surface area contributed by atoms with Gasteiger partial charge in [-0.1, -0.05) is 11.6 Å². The number of halogens is 2. The van der Waals surface area contributed by atoms with Crippen molar-refractivity contribution < 1.29 is 9.60 Å². The lowest BCUT2D eigenvalue weighted by Crippen LogP contribution is -2.27. The molecule has 0 bridgehead atoms. The number of benzene rings is 1. The molecule has 1 aliphatic rings. The number of aromatic amines is 1. The van der Waals surface area contributed by atoms with Crippen LogP contribution in [0.25, 0.3) is 11.2 Å². The Morgan fingerprint density at radius 1 is 1.38 bits per heavy atom. The van der Waals surface area contributed by atoms with E-state index in [-0.39, 0.29) is 16.5 Å². The molecule has 0 aliphatic heterocycles. The maximum absolute atomic E-state index is 13.3. The topological polar surface area (TPSA) is 88.9 Å². The number of amidine groups is 1. The van der Waals surface area contributed by atoms with Gasteiger partial charge in [-0.3, -0.25) is 10.6 Å². The zero-order valence-electron chi connectivity index (χ0n) is 12.4. The first-order chi connectivity index (χ1) is 11.5. The number of hydroxylamine groups is 1. The van der Waals surface area contributed by atoms with E-state index >= 15 is 0 Å². The van der Waals surface area contributed by atoms with Crippen LogP contribution in [0, 0.1) is 11.2 Å². The summed E-state index contributed by atoms with van der Waals surface area (Å²) in [5.74, 6) is 0.500. The first kappa shape index (κ1) is 15.0. The Kier molecular flexibility index (Phi) is 3.47. The number of nitrogens with zero attached hydrogens (tertiary/aromatic N) is 3. The van der Waals surface area contributed by atoms with Gasteiger partial charge in [0.2, 0.25) is 0 Å². The molecule has 1 saturated carbocycles. The summed E-state index contributed by atoms with van der Waals surface area (Å²) in [4.78, 5) is 11.8. The number of rotatable bonds is 3. The fourth-order valence-electron chi connectivity index (χ4n) is 2.54. The lowest BCUT2D eigenvalue weighted by molar-refractivity contribution is 0.312. The Hall–Kier alpha value is -2.51. The van der Waals surface area contributed by atoms with Crippen molar-refractivity contribution in [1.29, 1.82) is 5.41 Å². The summed E-state index contributed by atoms with van der Waals surface area (Å²) in [6.07, 6.45) is 3.72. The molecule has 0 spiro atoms. The summed E-state index contributed by atoms with van der Waals surface area (Å²) >= 11 is 5.74. The molecule has 1 fully saturated rings. The van der Waals surface area contributed by atoms with Crippen molar-refractivity contribution in [2.75, 3.05) is 5.06 Å². The first-order valence-electron chi connectivity index (χ1n) is 7.42. The highest BCUT2D eigenvalue weighted by Gasteiger charge is 2.28. The molecule has 8 heteroatoms. The maximum Gasteiger partial charge on any atom is 0.178 e. The van der Waals surface area contributed by atoms with Crippen molar-refractivity contribution >= 4 is 34.3 Å². The smallest absolute Gasteiger partial charge is 0.178 e. The van der Waals surface area contributed by atoms with Crippen LogP contribution in [0.5, 0.6) is 0 Å². The van der Waals surface area contributed by atoms with Gasteiger partial charge in [-0.25, -0.2) is 19.4 Å². The van der Waals surface area contributed by atoms with E-state index in [1.54, 1.807) is 6.07 Å². The van der Waals surface area contributed by atoms with Gasteiger partial charge >= 0.3 is 0 Å². The van der Waals surface area contributed by atoms with Crippen molar-refractivity contribution in [2.24, 2.45) is 0 Å². The van der Waals surface area contributed by atoms with E-state index in [0.29, 0.717) is 27.7 Å². The zero-order chi connectivity index (χ0) is 16.8. The molecule has 24 heavy (non-hydrogen) atoms. The summed E-state index contributed by atoms with van der Waals surface area (Å²) in [6.45, 7) is 0. The molecule has 6 nitrogen and oxygen atoms in total. The standard InChI is InChI=1S/C16H13ClFN5O/c17-11-7-9(3-4-12(11)18)23(24)14(19)10-5-6-20-16-13(10)21-15(22-16)8-1-2-8/h3-8,19,24H,1-2H2,(H,20,21,22). The number of hydrogen-bond donors (Lipinski definition) is 3. The van der Waals surface area contributed by atoms with Gasteiger partial charge in [0.05, 0.1) is 16.2 Å². The fraction of sp³-hybridized carbons (Fsp3) is 0.188. The van der Waals surface area contributed by atoms with Crippen molar-refractivity contribution in [3.63, 3.8) is 0 Å². The first-order valence-corrected chi connectivity index (χ1v) is 7.80. The fourth-order valence-corrected chi connectivity index (χ4v) is 2.71. The summed E-state index contributed by atoms with van der Waals surface area (Å²) in [7, 11) is 0. The minimum absolute atomic E-state index is 0.128. The zero-order valence-corrected chi connectivity index (χ0v) is 13.2. The lowest BCUT2D eigenvalue weighted by atomic mass is 10.2. The maximum atomic E-state index is 13.3. The minimum atomic E-state index is -0.589. The van der Waals surface area contributed by atoms with E-state index in [1.807, 2.05) is 0 Å². The normalized spacial score (nSPS) is 14.1. The number of fused-ring (bicyclic) bond motifs is 1. The number of nitrogens with one attached hydrogen (secondary N) is 2. The molecule has 1 aromatic carbocycles. The molecular weight excluding hydrogens is 333 g/mol. The summed E-state index contributed by atoms with van der Waals surface area (Å²) in [5.41, 5.74) is 1.74. The third kappa shape index (κ3) is 2.51. The predicted octanol–water partition coefficient (Wildman–Crippen LogP) is 3.85. The number of imidazole rings is 1. The van der Waals surface area contributed by atoms with Crippen LogP contribution in [0.3, 0.4) is 0 Å². The molecule has 0 saturated heterocycles. The Labute approximate surface area is 141 Å². The molecule has 122 valence electrons. The van der Waals surface area contributed by atoms with Crippen molar-refractivity contribution in [1.82, 2.24) is 15.0 Å². The summed E-state index contributed by atoms with van der Waals surface area (Å²) in [5, 5.41) is 19.1. The van der Waals surface area contributed by atoms with Gasteiger partial charge in [-0.15, -0.1) is 0 Å². The summed E-state index contributed by atoms with van der Waals surface area (Å²) < 4.78 is 13.3. The third-order valence-corrected chi connectivity index (χ3v) is 4.28. The van der Waals surface area contributed by atoms with Gasteiger partial charge in [0, 0.05) is 17.7 Å². The van der Waals surface area contributed by atoms with Crippen LogP contribution in [-0.2, 0) is 0 Å². The van der Waals surface area contributed by atoms with Crippen LogP contribution in [0.2, 0.25) is 5.02 Å². The van der Waals surface area contributed by atoms with Crippen molar-refractivity contribution in [2.45, 2.75) is 18.8 Å². The number of H-pyrrole nitrogens is 1. The molecule has 2 aromatic heterocycles. The number of anilines is 1. The molecule has 0 unspecified atom stereocenters. The highest BCUT2D eigenvalue weighted by atomic mass is 35.5. The van der Waals surface area contributed by atoms with Gasteiger partial charge < -0.3 is 4.98 Å². The quantitative estimate of drug-likeness (QED) is 0.382. The monoisotopic (exact) mass is 345 g/mol. The predicted molar refractivity (Wildman–Crippen MR) is 88.4 cm³/mol. The molecule has 3 N–H and O–H groups in total. The Bertz CT molecular complexity index is 953. The lowest BCUT2D eigenvalue weighted by Gasteiger charge is -2.18. The highest BCUT2D eigenvalue weighted by Crippen LogP contribution is 2.39. The molecule has 4 rings (SSSR count). The molecule has 2 heterocycles. The number of pyridine rings is 1. The molecule has 0 atom stereocenters. The van der Waals surface area contributed by atoms with Gasteiger partial charge in [-0.2, -0.15) is 0 Å². The second-order valence-corrected chi connectivity index (χ2v) is 6.12. The number of hydrogen-bond acceptors (Lipinski definition) is 4. The molecule has 0 radical (unpaired) electrons. The van der Waals surface area contributed by atoms with E-state index in [0.717, 1.165) is 24.7 Å². The average molecular weight is 346 g/mol. The van der Waals surface area contributed by atoms with E-state index < -0.39 is 5.82 Å². The van der Waals surface area contributed by atoms with Crippen LogP contribution in [-0.4, -0.2) is 26.0 Å². The van der Waals surface area contributed by atoms with E-state index in [4.69, 9.17) is 17.0 Å². The van der Waals surface area contributed by atoms with E-state index in [2.05, 4.69) is 15.0 Å². The van der Waals surface area contributed by atoms with Crippen LogP contribution < -0.4 is 5.06 Å². The van der Waals surface area contributed by atoms with Gasteiger partial charge in [-0.05, 0) is 37.1 Å². The second kappa shape index (κ2) is 5.54. The molecular formula is C16H13ClFN5O. The van der Waals surface area contributed by atoms with Gasteiger partial charge in [0.25, 0.3) is 0 Å². The number of aromatic nitrogens is 3. The second-order valence-electron chi connectivity index (χ2n) is 5.71. The molecule has 0 amide bonds. The SMILES string of the molecule is N=C(c1ccnc2nc(C3CC3)[nH]c12)N(O)c1ccc(F)c(Cl)c1. The Morgan fingerprint density at radius 2 is 2.17 bits per heavy atom. The Morgan fingerprint density at radius 3 is 2.88 bits per heavy atom. The van der Waals surface area contributed by atoms with Crippen LogP contribution in [0.1, 0.15) is 30.1 Å². The van der Waals surface area contributed by atoms with Gasteiger partial charge in [0.1, 0.15) is 11.6 Å². The van der Waals surface area contributed by atoms with E-state index in [1.165, 1.54) is 18.3 Å². The van der Waals surface area contributed by atoms with Crippen LogP contribution >= 0.6 is 11.6 Å². The third-order valence-electron chi connectivity index (χ3n) is 3.99. The van der Waals surface area contributed by atoms with Crippen LogP contribution in [0.15, 0.2) is 30.5 Å². The minimum Gasteiger partial charge on any atom is -0.340 e. The highest BCUT2D eigenvalue weighted by molar-refractivity contribution is 6.31. The van der Waals surface area contributed by atoms with Gasteiger partial charge in [0.15, 0.2) is 11.5 Å². The molecule has 3 aromatic rings. The largest absolute Gasteiger partial charge is 0.340 e. The van der Waals surface area contributed by atoms with E-state index in [9.17, 15) is 9.60 Å². The molecule has 1 aliphatic carbocycles. The van der Waals surface area contributed by atoms with Crippen molar-refractivity contribution in [3.05, 3.63) is 52.7 Å². The summed E-state index contributed by atoms with van der Waals surface area (Å²) in [6, 6.07) is 5.36. The van der Waals surface area contributed by atoms with Crippen molar-refractivity contribution in [3.8, 4) is 0 Å². The van der Waals surface area contributed by atoms with Crippen LogP contribution in [0.4, 0.5) is 10.1 Å². The Balaban J connectivity index is 1.72.